The Morgan fingerprint density at radius 1 is 1.33 bits per heavy atom. The van der Waals surface area contributed by atoms with Gasteiger partial charge in [0.25, 0.3) is 5.56 Å². The van der Waals surface area contributed by atoms with Gasteiger partial charge in [-0.25, -0.2) is 4.68 Å². The molecule has 4 aromatic rings. The molecule has 3 heterocycles. The quantitative estimate of drug-likeness (QED) is 0.318. The molecule has 36 heavy (non-hydrogen) atoms. The zero-order chi connectivity index (χ0) is 25.6. The molecule has 0 spiro atoms. The van der Waals surface area contributed by atoms with Crippen LogP contribution >= 0.6 is 0 Å². The lowest BCUT2D eigenvalue weighted by molar-refractivity contribution is -0.111. The number of pyridine rings is 1. The van der Waals surface area contributed by atoms with Crippen LogP contribution in [0.1, 0.15) is 11.3 Å². The minimum Gasteiger partial charge on any atom is -0.508 e. The maximum atomic E-state index is 13.0. The number of hydrogen-bond donors (Lipinski definition) is 4. The Bertz CT molecular complexity index is 1600. The van der Waals surface area contributed by atoms with Gasteiger partial charge in [0.05, 0.1) is 17.1 Å². The molecule has 10 nitrogen and oxygen atoms in total. The fourth-order valence-corrected chi connectivity index (χ4v) is 4.32. The molecule has 0 atom stereocenters. The topological polar surface area (TPSA) is 138 Å². The van der Waals surface area contributed by atoms with E-state index < -0.39 is 0 Å². The Morgan fingerprint density at radius 2 is 2.14 bits per heavy atom. The Balaban J connectivity index is 1.64. The zero-order valence-corrected chi connectivity index (χ0v) is 20.1. The number of phenolic OH excluding ortho intramolecular Hbond substituents is 1. The highest BCUT2D eigenvalue weighted by molar-refractivity contribution is 6.05. The van der Waals surface area contributed by atoms with Gasteiger partial charge in [-0.2, -0.15) is 5.10 Å². The number of nitrogens with two attached hydrogens (primary N) is 1. The summed E-state index contributed by atoms with van der Waals surface area (Å²) in [6.45, 7) is 2.60. The molecule has 5 rings (SSSR count). The molecule has 2 aromatic carbocycles. The van der Waals surface area contributed by atoms with Crippen molar-refractivity contribution in [2.24, 2.45) is 0 Å². The van der Waals surface area contributed by atoms with E-state index in [-0.39, 0.29) is 35.0 Å². The number of fused-ring (bicyclic) bond motifs is 5. The van der Waals surface area contributed by atoms with Crippen LogP contribution in [0.5, 0.6) is 11.5 Å². The number of hydrogen-bond acceptors (Lipinski definition) is 7. The van der Waals surface area contributed by atoms with E-state index in [2.05, 4.69) is 10.3 Å². The average molecular weight is 487 g/mol. The van der Waals surface area contributed by atoms with Gasteiger partial charge in [-0.1, -0.05) is 24.3 Å². The van der Waals surface area contributed by atoms with Crippen LogP contribution in [-0.2, 0) is 11.4 Å². The van der Waals surface area contributed by atoms with E-state index in [1.807, 2.05) is 32.0 Å². The molecular weight excluding hydrogens is 460 g/mol. The first kappa shape index (κ1) is 23.2. The molecular formula is C26H26N6O4. The Hall–Kier alpha value is -4.57. The first-order valence-electron chi connectivity index (χ1n) is 11.4. The third-order valence-corrected chi connectivity index (χ3v) is 6.01. The van der Waals surface area contributed by atoms with Crippen molar-refractivity contribution >= 4 is 28.3 Å². The van der Waals surface area contributed by atoms with Gasteiger partial charge >= 0.3 is 0 Å². The molecule has 1 aliphatic heterocycles. The van der Waals surface area contributed by atoms with Crippen molar-refractivity contribution in [3.63, 3.8) is 0 Å². The predicted octanol–water partition coefficient (Wildman–Crippen LogP) is 2.93. The van der Waals surface area contributed by atoms with Gasteiger partial charge in [0.15, 0.2) is 5.75 Å². The second-order valence-electron chi connectivity index (χ2n) is 8.92. The number of aromatic hydroxyl groups is 1. The van der Waals surface area contributed by atoms with Crippen molar-refractivity contribution in [3.8, 4) is 28.3 Å². The van der Waals surface area contributed by atoms with Crippen LogP contribution in [0.15, 0.2) is 53.3 Å². The molecule has 0 fully saturated rings. The van der Waals surface area contributed by atoms with Gasteiger partial charge in [0, 0.05) is 29.8 Å². The third-order valence-electron chi connectivity index (χ3n) is 6.01. The van der Waals surface area contributed by atoms with Crippen molar-refractivity contribution in [1.82, 2.24) is 19.7 Å². The average Bonchev–Trinajstić information content (AvgIpc) is 3.17. The SMILES string of the molecule is Cc1ccc(O)cc1-n1nc2c3c([nH]c(=O)c2c1N)COc1c(NC(=O)/C=C/CN(C)C)cccc1-3. The molecule has 0 unspecified atom stereocenters. The number of aromatic nitrogens is 3. The van der Waals surface area contributed by atoms with Crippen LogP contribution in [0.4, 0.5) is 11.5 Å². The predicted molar refractivity (Wildman–Crippen MR) is 139 cm³/mol. The number of aromatic amines is 1. The van der Waals surface area contributed by atoms with Gasteiger partial charge in [-0.05, 0) is 38.7 Å². The smallest absolute Gasteiger partial charge is 0.261 e. The lowest BCUT2D eigenvalue weighted by atomic mass is 9.98. The summed E-state index contributed by atoms with van der Waals surface area (Å²) in [6.07, 6.45) is 3.25. The molecule has 0 aliphatic carbocycles. The number of nitrogens with one attached hydrogen (secondary N) is 2. The number of aryl methyl sites for hydroxylation is 1. The van der Waals surface area contributed by atoms with Crippen molar-refractivity contribution < 1.29 is 14.6 Å². The van der Waals surface area contributed by atoms with E-state index in [1.54, 1.807) is 36.4 Å². The van der Waals surface area contributed by atoms with Crippen LogP contribution in [0.3, 0.4) is 0 Å². The lowest BCUT2D eigenvalue weighted by Crippen LogP contribution is -2.18. The fraction of sp³-hybridized carbons (Fsp3) is 0.192. The molecule has 0 radical (unpaired) electrons. The number of H-pyrrole nitrogens is 1. The van der Waals surface area contributed by atoms with E-state index in [9.17, 15) is 14.7 Å². The van der Waals surface area contributed by atoms with E-state index >= 15 is 0 Å². The Kier molecular flexibility index (Phi) is 5.73. The monoisotopic (exact) mass is 486 g/mol. The first-order valence-corrected chi connectivity index (χ1v) is 11.4. The second-order valence-corrected chi connectivity index (χ2v) is 8.92. The van der Waals surface area contributed by atoms with E-state index in [1.165, 1.54) is 10.8 Å². The molecule has 184 valence electrons. The number of benzene rings is 2. The summed E-state index contributed by atoms with van der Waals surface area (Å²) in [5, 5.41) is 17.8. The third kappa shape index (κ3) is 3.97. The van der Waals surface area contributed by atoms with Crippen LogP contribution in [-0.4, -0.2) is 51.3 Å². The summed E-state index contributed by atoms with van der Waals surface area (Å²) in [5.41, 5.74) is 10.2. The summed E-state index contributed by atoms with van der Waals surface area (Å²) in [7, 11) is 3.84. The number of para-hydroxylation sites is 1. The number of phenols is 1. The van der Waals surface area contributed by atoms with Crippen molar-refractivity contribution in [2.75, 3.05) is 31.7 Å². The largest absolute Gasteiger partial charge is 0.508 e. The second kappa shape index (κ2) is 8.90. The zero-order valence-electron chi connectivity index (χ0n) is 20.1. The molecule has 5 N–H and O–H groups in total. The van der Waals surface area contributed by atoms with Gasteiger partial charge in [-0.15, -0.1) is 0 Å². The number of amides is 1. The number of nitrogen functional groups attached to an aromatic ring is 1. The number of likely N-dealkylation sites (N-methyl/N-ethyl adjacent to an activating group) is 1. The van der Waals surface area contributed by atoms with E-state index in [0.717, 1.165) is 5.56 Å². The normalized spacial score (nSPS) is 12.6. The number of rotatable bonds is 5. The highest BCUT2D eigenvalue weighted by atomic mass is 16.5. The van der Waals surface area contributed by atoms with Crippen molar-refractivity contribution in [1.29, 1.82) is 0 Å². The number of carbonyl (C=O) groups is 1. The highest BCUT2D eigenvalue weighted by Crippen LogP contribution is 2.44. The lowest BCUT2D eigenvalue weighted by Gasteiger charge is -2.23. The molecule has 0 saturated heterocycles. The number of carbonyl (C=O) groups excluding carboxylic acids is 1. The Morgan fingerprint density at radius 3 is 2.92 bits per heavy atom. The molecule has 10 heteroatoms. The summed E-state index contributed by atoms with van der Waals surface area (Å²) in [6, 6.07) is 10.3. The summed E-state index contributed by atoms with van der Waals surface area (Å²) in [4.78, 5) is 30.3. The summed E-state index contributed by atoms with van der Waals surface area (Å²) >= 11 is 0. The number of ether oxygens (including phenoxy) is 1. The van der Waals surface area contributed by atoms with Gasteiger partial charge in [-0.3, -0.25) is 9.59 Å². The number of anilines is 2. The van der Waals surface area contributed by atoms with Crippen molar-refractivity contribution in [3.05, 3.63) is 70.2 Å². The maximum Gasteiger partial charge on any atom is 0.261 e. The first-order chi connectivity index (χ1) is 17.2. The summed E-state index contributed by atoms with van der Waals surface area (Å²) in [5.74, 6) is 0.420. The molecule has 0 saturated carbocycles. The van der Waals surface area contributed by atoms with Crippen LogP contribution in [0.25, 0.3) is 27.7 Å². The van der Waals surface area contributed by atoms with Crippen LogP contribution in [0, 0.1) is 6.92 Å². The van der Waals surface area contributed by atoms with Crippen LogP contribution < -0.4 is 21.3 Å². The Labute approximate surface area is 206 Å². The van der Waals surface area contributed by atoms with Gasteiger partial charge < -0.3 is 30.8 Å². The van der Waals surface area contributed by atoms with E-state index in [4.69, 9.17) is 15.6 Å². The maximum absolute atomic E-state index is 13.0. The highest BCUT2D eigenvalue weighted by Gasteiger charge is 2.28. The number of nitrogens with zero attached hydrogens (tertiary/aromatic N) is 3. The molecule has 0 bridgehead atoms. The standard InChI is InChI=1S/C26H26N6O4/c1-14-9-10-15(33)12-19(14)32-25(27)22-23(30-32)21-16-6-4-7-17(28-20(34)8-5-11-31(2)3)24(16)36-13-18(21)29-26(22)35/h4-10,12,33H,11,13,27H2,1-3H3,(H,28,34)(H,29,35)/b8-5+. The fourth-order valence-electron chi connectivity index (χ4n) is 4.32. The summed E-state index contributed by atoms with van der Waals surface area (Å²) < 4.78 is 7.43. The van der Waals surface area contributed by atoms with E-state index in [0.29, 0.717) is 46.0 Å². The van der Waals surface area contributed by atoms with Gasteiger partial charge in [0.2, 0.25) is 5.91 Å². The van der Waals surface area contributed by atoms with Crippen molar-refractivity contribution in [2.45, 2.75) is 13.5 Å². The molecule has 1 amide bonds. The molecule has 1 aliphatic rings. The molecule has 2 aromatic heterocycles. The minimum absolute atomic E-state index is 0.0595. The van der Waals surface area contributed by atoms with Crippen LogP contribution in [0.2, 0.25) is 0 Å². The minimum atomic E-state index is -0.382. The van der Waals surface area contributed by atoms with Gasteiger partial charge in [0.1, 0.15) is 29.1 Å².